The molecule has 1 unspecified atom stereocenters. The third-order valence-corrected chi connectivity index (χ3v) is 3.64. The second kappa shape index (κ2) is 5.94. The first-order chi connectivity index (χ1) is 10.1. The fourth-order valence-corrected chi connectivity index (χ4v) is 2.24. The summed E-state index contributed by atoms with van der Waals surface area (Å²) in [4.78, 5) is -0.829. The van der Waals surface area contributed by atoms with Crippen molar-refractivity contribution < 1.29 is 48.8 Å². The van der Waals surface area contributed by atoms with Gasteiger partial charge in [0, 0.05) is 0 Å². The van der Waals surface area contributed by atoms with E-state index in [0.29, 0.717) is 29.0 Å². The zero-order valence-electron chi connectivity index (χ0n) is 10.5. The molecule has 132 valence electrons. The highest BCUT2D eigenvalue weighted by Gasteiger charge is 2.71. The third-order valence-electron chi connectivity index (χ3n) is 2.46. The Balaban J connectivity index is 3.10. The largest absolute Gasteiger partial charge is 0.441 e. The number of nitrogens with one attached hydrogen (secondary N) is 1. The van der Waals surface area contributed by atoms with Gasteiger partial charge in [-0.05, 0) is 24.3 Å². The molecule has 0 saturated heterocycles. The average Bonchev–Trinajstić information content (AvgIpc) is 2.35. The van der Waals surface area contributed by atoms with Gasteiger partial charge in [-0.2, -0.15) is 44.2 Å². The van der Waals surface area contributed by atoms with Crippen LogP contribution in [-0.2, 0) is 17.2 Å². The van der Waals surface area contributed by atoms with Gasteiger partial charge in [-0.25, -0.2) is 4.21 Å². The Morgan fingerprint density at radius 3 is 1.52 bits per heavy atom. The lowest BCUT2D eigenvalue weighted by Gasteiger charge is -2.32. The van der Waals surface area contributed by atoms with Crippen LogP contribution in [0.25, 0.3) is 0 Å². The predicted molar refractivity (Wildman–Crippen MR) is 58.0 cm³/mol. The number of benzene rings is 1. The monoisotopic (exact) mass is 375 g/mol. The summed E-state index contributed by atoms with van der Waals surface area (Å²) in [6.07, 6.45) is -17.3. The molecule has 0 heterocycles. The summed E-state index contributed by atoms with van der Waals surface area (Å²) in [5.41, 5.74) is -6.74. The Bertz CT molecular complexity index is 562. The highest BCUT2D eigenvalue weighted by atomic mass is 32.2. The SMILES string of the molecule is O=S(NC(O)(C(F)(F)F)C(F)(F)F)c1ccc(C(F)(F)F)cc1. The van der Waals surface area contributed by atoms with Crippen molar-refractivity contribution in [2.24, 2.45) is 0 Å². The van der Waals surface area contributed by atoms with Crippen molar-refractivity contribution in [3.05, 3.63) is 29.8 Å². The molecule has 0 aliphatic carbocycles. The maximum Gasteiger partial charge on any atom is 0.441 e. The van der Waals surface area contributed by atoms with Gasteiger partial charge in [0.1, 0.15) is 11.0 Å². The lowest BCUT2D eigenvalue weighted by Crippen LogP contribution is -2.66. The molecular formula is C10H6F9NO2S. The molecular weight excluding hydrogens is 369 g/mol. The number of rotatable bonds is 3. The summed E-state index contributed by atoms with van der Waals surface area (Å²) in [6, 6.07) is 1.46. The molecule has 0 spiro atoms. The molecule has 0 aromatic heterocycles. The van der Waals surface area contributed by atoms with Crippen molar-refractivity contribution in [1.82, 2.24) is 4.72 Å². The number of hydrogen-bond donors (Lipinski definition) is 2. The summed E-state index contributed by atoms with van der Waals surface area (Å²) in [5.74, 6) is 0. The lowest BCUT2D eigenvalue weighted by atomic mass is 10.2. The van der Waals surface area contributed by atoms with Crippen molar-refractivity contribution in [3.8, 4) is 0 Å². The van der Waals surface area contributed by atoms with E-state index in [1.54, 1.807) is 0 Å². The fraction of sp³-hybridized carbons (Fsp3) is 0.400. The molecule has 0 aliphatic heterocycles. The van der Waals surface area contributed by atoms with Gasteiger partial charge in [-0.15, -0.1) is 0 Å². The van der Waals surface area contributed by atoms with Crippen molar-refractivity contribution in [2.45, 2.75) is 29.1 Å². The minimum Gasteiger partial charge on any atom is -0.360 e. The molecule has 0 amide bonds. The van der Waals surface area contributed by atoms with Crippen LogP contribution >= 0.6 is 0 Å². The topological polar surface area (TPSA) is 49.3 Å². The predicted octanol–water partition coefficient (Wildman–Crippen LogP) is 3.13. The molecule has 0 aliphatic rings. The molecule has 1 rings (SSSR count). The van der Waals surface area contributed by atoms with Crippen LogP contribution in [0.3, 0.4) is 0 Å². The standard InChI is InChI=1S/C10H6F9NO2S/c11-7(12,13)5-1-3-6(4-2-5)23(22)20-8(21,9(14,15)16)10(17,18)19/h1-4,20-21H. The van der Waals surface area contributed by atoms with Crippen molar-refractivity contribution >= 4 is 11.0 Å². The summed E-state index contributed by atoms with van der Waals surface area (Å²) < 4.78 is 123. The highest BCUT2D eigenvalue weighted by molar-refractivity contribution is 7.83. The fourth-order valence-electron chi connectivity index (χ4n) is 1.24. The van der Waals surface area contributed by atoms with Gasteiger partial charge < -0.3 is 5.11 Å². The second-order valence-corrected chi connectivity index (χ2v) is 5.31. The zero-order chi connectivity index (χ0) is 18.3. The molecule has 0 saturated carbocycles. The molecule has 1 atom stereocenters. The van der Waals surface area contributed by atoms with E-state index < -0.39 is 45.7 Å². The second-order valence-electron chi connectivity index (χ2n) is 4.10. The Morgan fingerprint density at radius 1 is 0.826 bits per heavy atom. The normalized spacial score (nSPS) is 15.6. The molecule has 0 bridgehead atoms. The minimum absolute atomic E-state index is 0.315. The number of halogens is 9. The van der Waals surface area contributed by atoms with Gasteiger partial charge >= 0.3 is 24.3 Å². The van der Waals surface area contributed by atoms with Gasteiger partial charge in [-0.3, -0.25) is 0 Å². The van der Waals surface area contributed by atoms with Crippen molar-refractivity contribution in [2.75, 3.05) is 0 Å². The average molecular weight is 375 g/mol. The highest BCUT2D eigenvalue weighted by Crippen LogP contribution is 2.41. The van der Waals surface area contributed by atoms with E-state index in [1.807, 2.05) is 0 Å². The molecule has 1 aromatic carbocycles. The van der Waals surface area contributed by atoms with Gasteiger partial charge in [0.15, 0.2) is 0 Å². The van der Waals surface area contributed by atoms with E-state index in [4.69, 9.17) is 5.11 Å². The quantitative estimate of drug-likeness (QED) is 0.630. The maximum atomic E-state index is 12.4. The van der Waals surface area contributed by atoms with E-state index in [1.165, 1.54) is 0 Å². The van der Waals surface area contributed by atoms with E-state index in [9.17, 15) is 43.7 Å². The zero-order valence-corrected chi connectivity index (χ0v) is 11.3. The maximum absolute atomic E-state index is 12.4. The Hall–Kier alpha value is -1.34. The summed E-state index contributed by atoms with van der Waals surface area (Å²) in [7, 11) is -3.29. The van der Waals surface area contributed by atoms with Gasteiger partial charge in [0.25, 0.3) is 0 Å². The van der Waals surface area contributed by atoms with Crippen LogP contribution in [0.15, 0.2) is 29.2 Å². The van der Waals surface area contributed by atoms with Crippen LogP contribution in [0, 0.1) is 0 Å². The molecule has 13 heteroatoms. The Labute approximate surface area is 124 Å². The molecule has 0 fully saturated rings. The van der Waals surface area contributed by atoms with Crippen LogP contribution < -0.4 is 4.72 Å². The first kappa shape index (κ1) is 19.7. The van der Waals surface area contributed by atoms with Crippen LogP contribution in [-0.4, -0.2) is 27.4 Å². The first-order valence-corrected chi connectivity index (χ1v) is 6.47. The van der Waals surface area contributed by atoms with Gasteiger partial charge in [-0.1, -0.05) is 0 Å². The van der Waals surface area contributed by atoms with Gasteiger partial charge in [0.05, 0.1) is 10.5 Å². The lowest BCUT2D eigenvalue weighted by molar-refractivity contribution is -0.372. The van der Waals surface area contributed by atoms with Gasteiger partial charge in [0.2, 0.25) is 0 Å². The number of hydrogen-bond acceptors (Lipinski definition) is 2. The molecule has 2 N–H and O–H groups in total. The van der Waals surface area contributed by atoms with E-state index in [2.05, 4.69) is 0 Å². The Morgan fingerprint density at radius 2 is 1.22 bits per heavy atom. The summed E-state index contributed by atoms with van der Waals surface area (Å²) >= 11 is 0. The van der Waals surface area contributed by atoms with E-state index in [0.717, 1.165) is 0 Å². The van der Waals surface area contributed by atoms with E-state index in [-0.39, 0.29) is 0 Å². The molecule has 23 heavy (non-hydrogen) atoms. The van der Waals surface area contributed by atoms with Crippen LogP contribution in [0.4, 0.5) is 39.5 Å². The minimum atomic E-state index is -6.27. The molecule has 1 aromatic rings. The van der Waals surface area contributed by atoms with Crippen LogP contribution in [0.1, 0.15) is 5.56 Å². The smallest absolute Gasteiger partial charge is 0.360 e. The van der Waals surface area contributed by atoms with Crippen LogP contribution in [0.5, 0.6) is 0 Å². The van der Waals surface area contributed by atoms with Crippen molar-refractivity contribution in [1.29, 1.82) is 0 Å². The number of alkyl halides is 9. The molecule has 0 radical (unpaired) electrons. The van der Waals surface area contributed by atoms with Crippen LogP contribution in [0.2, 0.25) is 0 Å². The van der Waals surface area contributed by atoms with E-state index >= 15 is 0 Å². The Kier molecular flexibility index (Phi) is 5.09. The first-order valence-electron chi connectivity index (χ1n) is 5.32. The molecule has 3 nitrogen and oxygen atoms in total. The summed E-state index contributed by atoms with van der Waals surface area (Å²) in [6.45, 7) is 0. The summed E-state index contributed by atoms with van der Waals surface area (Å²) in [5, 5.41) is 8.77. The van der Waals surface area contributed by atoms with Crippen molar-refractivity contribution in [3.63, 3.8) is 0 Å². The number of aliphatic hydroxyl groups is 1. The third kappa shape index (κ3) is 4.14.